The fourth-order valence-corrected chi connectivity index (χ4v) is 10.7. The van der Waals surface area contributed by atoms with Gasteiger partial charge in [0.25, 0.3) is 0 Å². The molecule has 0 radical (unpaired) electrons. The van der Waals surface area contributed by atoms with Crippen LogP contribution in [0.5, 0.6) is 0 Å². The molecule has 2 aromatic heterocycles. The predicted octanol–water partition coefficient (Wildman–Crippen LogP) is 3.65. The molecule has 5 aliphatic rings. The minimum absolute atomic E-state index is 0. The van der Waals surface area contributed by atoms with Gasteiger partial charge in [0.05, 0.1) is 19.0 Å². The van der Waals surface area contributed by atoms with Gasteiger partial charge < -0.3 is 29.9 Å². The summed E-state index contributed by atoms with van der Waals surface area (Å²) in [6.07, 6.45) is 8.64. The van der Waals surface area contributed by atoms with Crippen LogP contribution in [0.25, 0.3) is 11.2 Å². The normalized spacial score (nSPS) is 35.8. The SMILES string of the molecule is C=C[C@]1(C)C[C@@H](OC(=O)CN2CCN(C(=O)CCn3cnc4c(N5CCC(N)C5)ncnc43)CC2)[C@]2(C)[C@H](C)CC[C@]3(CCC(=O)[C@@H]32)[C@@H](C)[C@@H]1O.Cl.Cl. The molecule has 2 aliphatic heterocycles. The fourth-order valence-electron chi connectivity index (χ4n) is 10.7. The molecule has 0 spiro atoms. The van der Waals surface area contributed by atoms with Crippen LogP contribution >= 0.6 is 24.8 Å². The summed E-state index contributed by atoms with van der Waals surface area (Å²) in [5.74, 6) is 0.618. The molecule has 3 saturated carbocycles. The number of Topliss-reactive ketones (excluding diaryl/α,β-unsaturated/α-hetero) is 1. The molecule has 2 aromatic rings. The Morgan fingerprint density at radius 2 is 1.81 bits per heavy atom. The van der Waals surface area contributed by atoms with E-state index in [1.165, 1.54) is 0 Å². The van der Waals surface area contributed by atoms with Crippen LogP contribution in [0.4, 0.5) is 5.82 Å². The van der Waals surface area contributed by atoms with E-state index < -0.39 is 23.0 Å². The second-order valence-electron chi connectivity index (χ2n) is 16.8. The molecule has 9 atom stereocenters. The van der Waals surface area contributed by atoms with Crippen molar-refractivity contribution in [2.45, 2.75) is 97.4 Å². The third kappa shape index (κ3) is 7.09. The van der Waals surface area contributed by atoms with Gasteiger partial charge in [0.15, 0.2) is 17.0 Å². The lowest BCUT2D eigenvalue weighted by Gasteiger charge is -2.61. The van der Waals surface area contributed by atoms with Gasteiger partial charge in [0.2, 0.25) is 5.91 Å². The van der Waals surface area contributed by atoms with Gasteiger partial charge in [0.1, 0.15) is 18.2 Å². The quantitative estimate of drug-likeness (QED) is 0.298. The Kier molecular flexibility index (Phi) is 12.3. The van der Waals surface area contributed by atoms with Crippen LogP contribution in [0.1, 0.15) is 72.6 Å². The number of anilines is 1. The summed E-state index contributed by atoms with van der Waals surface area (Å²) in [7, 11) is 0. The molecule has 3 aliphatic carbocycles. The molecule has 53 heavy (non-hydrogen) atoms. The first-order valence-corrected chi connectivity index (χ1v) is 19.0. The lowest BCUT2D eigenvalue weighted by atomic mass is 9.44. The van der Waals surface area contributed by atoms with Gasteiger partial charge in [0, 0.05) is 81.4 Å². The molecule has 7 rings (SSSR count). The van der Waals surface area contributed by atoms with Gasteiger partial charge in [-0.3, -0.25) is 19.3 Å². The number of imidazole rings is 1. The van der Waals surface area contributed by atoms with E-state index in [9.17, 15) is 19.5 Å². The van der Waals surface area contributed by atoms with Crippen LogP contribution in [0.2, 0.25) is 0 Å². The van der Waals surface area contributed by atoms with Crippen LogP contribution in [0.15, 0.2) is 25.3 Å². The summed E-state index contributed by atoms with van der Waals surface area (Å²) < 4.78 is 8.36. The Morgan fingerprint density at radius 3 is 2.49 bits per heavy atom. The van der Waals surface area contributed by atoms with Crippen molar-refractivity contribution in [2.75, 3.05) is 50.7 Å². The molecule has 2 bridgehead atoms. The number of rotatable bonds is 8. The summed E-state index contributed by atoms with van der Waals surface area (Å²) in [5, 5.41) is 11.8. The Morgan fingerprint density at radius 1 is 1.08 bits per heavy atom. The largest absolute Gasteiger partial charge is 0.461 e. The molecular weight excluding hydrogens is 719 g/mol. The highest BCUT2D eigenvalue weighted by Gasteiger charge is 2.68. The minimum atomic E-state index is -0.694. The van der Waals surface area contributed by atoms with Crippen LogP contribution in [0, 0.1) is 34.0 Å². The van der Waals surface area contributed by atoms with Crippen molar-refractivity contribution < 1.29 is 24.2 Å². The van der Waals surface area contributed by atoms with Crippen molar-refractivity contribution in [1.29, 1.82) is 0 Å². The van der Waals surface area contributed by atoms with Crippen molar-refractivity contribution in [3.05, 3.63) is 25.3 Å². The number of hydrogen-bond acceptors (Lipinski definition) is 11. The minimum Gasteiger partial charge on any atom is -0.461 e. The maximum Gasteiger partial charge on any atom is 0.320 e. The first kappa shape index (κ1) is 41.3. The van der Waals surface area contributed by atoms with Gasteiger partial charge in [-0.15, -0.1) is 31.4 Å². The number of nitrogens with two attached hydrogens (primary N) is 1. The van der Waals surface area contributed by atoms with Crippen molar-refractivity contribution >= 4 is 59.5 Å². The zero-order chi connectivity index (χ0) is 36.3. The molecule has 4 heterocycles. The standard InChI is InChI=1S/C38H56N8O5.2ClH/c1-6-36(4)19-28(37(5)24(2)7-11-38(25(3)33(36)50)12-8-27(47)32(37)38)51-30(49)21-43-15-17-44(18-16-43)29(48)10-14-46-23-42-31-34(40-22-41-35(31)46)45-13-9-26(39)20-45;;/h6,22-26,28,32-33,50H,1,7-21,39H2,2-5H3;2*1H/t24-,25+,26?,28-,32-,33+,36-,37+,38+;;/m1../s1. The number of ether oxygens (including phenoxy) is 1. The highest BCUT2D eigenvalue weighted by Crippen LogP contribution is 2.68. The molecule has 13 nitrogen and oxygen atoms in total. The van der Waals surface area contributed by atoms with Crippen LogP contribution in [-0.2, 0) is 25.7 Å². The topological polar surface area (TPSA) is 160 Å². The van der Waals surface area contributed by atoms with E-state index in [0.29, 0.717) is 57.6 Å². The molecule has 15 heteroatoms. The van der Waals surface area contributed by atoms with Crippen molar-refractivity contribution in [3.8, 4) is 0 Å². The lowest BCUT2D eigenvalue weighted by molar-refractivity contribution is -0.207. The number of aliphatic hydroxyl groups is 1. The van der Waals surface area contributed by atoms with Gasteiger partial charge in [-0.05, 0) is 49.4 Å². The summed E-state index contributed by atoms with van der Waals surface area (Å²) in [6, 6.07) is 0.123. The molecule has 3 N–H and O–H groups in total. The Hall–Kier alpha value is -2.84. The zero-order valence-corrected chi connectivity index (χ0v) is 33.2. The van der Waals surface area contributed by atoms with Crippen LogP contribution in [-0.4, -0.2) is 116 Å². The number of halogens is 2. The number of aliphatic hydroxyl groups excluding tert-OH is 1. The molecule has 1 amide bonds. The number of piperazine rings is 1. The first-order valence-electron chi connectivity index (χ1n) is 19.0. The maximum absolute atomic E-state index is 13.7. The van der Waals surface area contributed by atoms with E-state index >= 15 is 0 Å². The number of carbonyl (C=O) groups is 3. The molecule has 5 fully saturated rings. The Balaban J connectivity index is 0.00000271. The summed E-state index contributed by atoms with van der Waals surface area (Å²) in [5.41, 5.74) is 6.02. The number of esters is 1. The van der Waals surface area contributed by atoms with Gasteiger partial charge in [-0.1, -0.05) is 33.8 Å². The monoisotopic (exact) mass is 776 g/mol. The van der Waals surface area contributed by atoms with Gasteiger partial charge in [-0.2, -0.15) is 0 Å². The number of carbonyl (C=O) groups excluding carboxylic acids is 3. The second-order valence-corrected chi connectivity index (χ2v) is 16.8. The highest BCUT2D eigenvalue weighted by atomic mass is 35.5. The molecule has 294 valence electrons. The second kappa shape index (κ2) is 15.7. The third-order valence-electron chi connectivity index (χ3n) is 14.1. The zero-order valence-electron chi connectivity index (χ0n) is 31.6. The molecule has 2 saturated heterocycles. The number of fused-ring (bicyclic) bond motifs is 1. The number of hydrogen-bond donors (Lipinski definition) is 2. The first-order chi connectivity index (χ1) is 24.3. The average Bonchev–Trinajstić information content (AvgIpc) is 3.85. The number of nitrogens with zero attached hydrogens (tertiary/aromatic N) is 7. The van der Waals surface area contributed by atoms with Crippen LogP contribution < -0.4 is 10.6 Å². The predicted molar refractivity (Wildman–Crippen MR) is 207 cm³/mol. The summed E-state index contributed by atoms with van der Waals surface area (Å²) in [6.45, 7) is 16.9. The van der Waals surface area contributed by atoms with E-state index in [1.54, 1.807) is 12.7 Å². The van der Waals surface area contributed by atoms with E-state index in [0.717, 1.165) is 50.1 Å². The van der Waals surface area contributed by atoms with E-state index in [2.05, 4.69) is 47.2 Å². The van der Waals surface area contributed by atoms with Gasteiger partial charge >= 0.3 is 5.97 Å². The lowest BCUT2D eigenvalue weighted by Crippen LogP contribution is -2.63. The Bertz CT molecular complexity index is 1690. The van der Waals surface area contributed by atoms with E-state index in [-0.39, 0.29) is 78.2 Å². The summed E-state index contributed by atoms with van der Waals surface area (Å²) >= 11 is 0. The summed E-state index contributed by atoms with van der Waals surface area (Å²) in [4.78, 5) is 60.3. The highest BCUT2D eigenvalue weighted by molar-refractivity contribution is 5.86. The number of ketones is 1. The van der Waals surface area contributed by atoms with E-state index in [1.807, 2.05) is 27.4 Å². The average molecular weight is 778 g/mol. The van der Waals surface area contributed by atoms with Crippen molar-refractivity contribution in [2.24, 2.45) is 39.7 Å². The number of aromatic nitrogens is 4. The van der Waals surface area contributed by atoms with Crippen LogP contribution in [0.3, 0.4) is 0 Å². The number of aryl methyl sites for hydroxylation is 1. The van der Waals surface area contributed by atoms with E-state index in [4.69, 9.17) is 10.5 Å². The van der Waals surface area contributed by atoms with Crippen molar-refractivity contribution in [3.63, 3.8) is 0 Å². The molecule has 1 unspecified atom stereocenters. The third-order valence-corrected chi connectivity index (χ3v) is 14.1. The van der Waals surface area contributed by atoms with Crippen molar-refractivity contribution in [1.82, 2.24) is 29.3 Å². The smallest absolute Gasteiger partial charge is 0.320 e. The Labute approximate surface area is 325 Å². The number of amides is 1. The fraction of sp³-hybridized carbons (Fsp3) is 0.737. The van der Waals surface area contributed by atoms with Gasteiger partial charge in [-0.25, -0.2) is 15.0 Å². The molecule has 0 aromatic carbocycles. The maximum atomic E-state index is 13.7. The molecular formula is C38H58Cl2N8O5.